The molecular formula is C30H29F4N5O. The molecule has 0 radical (unpaired) electrons. The van der Waals surface area contributed by atoms with Gasteiger partial charge < -0.3 is 15.1 Å². The fraction of sp³-hybridized carbons (Fsp3) is 0.333. The second-order valence-corrected chi connectivity index (χ2v) is 10.1. The summed E-state index contributed by atoms with van der Waals surface area (Å²) in [6, 6.07) is 16.1. The molecular weight excluding hydrogens is 522 g/mol. The van der Waals surface area contributed by atoms with Gasteiger partial charge in [-0.1, -0.05) is 30.3 Å². The number of carbonyl (C=O) groups is 1. The summed E-state index contributed by atoms with van der Waals surface area (Å²) in [7, 11) is 0. The Morgan fingerprint density at radius 3 is 2.45 bits per heavy atom. The average molecular weight is 552 g/mol. The lowest BCUT2D eigenvalue weighted by Gasteiger charge is -2.38. The van der Waals surface area contributed by atoms with Crippen LogP contribution in [-0.2, 0) is 17.9 Å². The number of nitrogens with one attached hydrogen (secondary N) is 1. The molecule has 1 amide bonds. The second kappa shape index (κ2) is 12.1. The Morgan fingerprint density at radius 1 is 0.925 bits per heavy atom. The summed E-state index contributed by atoms with van der Waals surface area (Å²) < 4.78 is 55.9. The third-order valence-corrected chi connectivity index (χ3v) is 7.65. The van der Waals surface area contributed by atoms with Crippen LogP contribution in [0.1, 0.15) is 23.1 Å². The molecule has 3 aromatic rings. The third kappa shape index (κ3) is 5.96. The quantitative estimate of drug-likeness (QED) is 0.447. The molecule has 2 saturated heterocycles. The van der Waals surface area contributed by atoms with E-state index in [-0.39, 0.29) is 30.6 Å². The Kier molecular flexibility index (Phi) is 8.33. The highest BCUT2D eigenvalue weighted by Gasteiger charge is 2.39. The highest BCUT2D eigenvalue weighted by Crippen LogP contribution is 2.27. The molecule has 0 spiro atoms. The molecule has 0 aliphatic carbocycles. The molecule has 1 N–H and O–H groups in total. The van der Waals surface area contributed by atoms with Gasteiger partial charge in [0.1, 0.15) is 17.7 Å². The monoisotopic (exact) mass is 551 g/mol. The number of carbonyl (C=O) groups excluding carboxylic acids is 1. The van der Waals surface area contributed by atoms with E-state index in [1.54, 1.807) is 11.0 Å². The van der Waals surface area contributed by atoms with Crippen molar-refractivity contribution in [2.75, 3.05) is 37.6 Å². The number of halogens is 4. The minimum atomic E-state index is -0.949. The first-order valence-corrected chi connectivity index (χ1v) is 13.2. The van der Waals surface area contributed by atoms with Crippen molar-refractivity contribution in [3.63, 3.8) is 0 Å². The first-order valence-electron chi connectivity index (χ1n) is 13.2. The second-order valence-electron chi connectivity index (χ2n) is 10.1. The maximum atomic E-state index is 14.5. The van der Waals surface area contributed by atoms with Crippen molar-refractivity contribution in [3.05, 3.63) is 101 Å². The number of anilines is 1. The van der Waals surface area contributed by atoms with Crippen molar-refractivity contribution in [3.8, 4) is 6.07 Å². The van der Waals surface area contributed by atoms with Gasteiger partial charge in [0.2, 0.25) is 5.91 Å². The molecule has 2 unspecified atom stereocenters. The zero-order valence-corrected chi connectivity index (χ0v) is 21.8. The topological polar surface area (TPSA) is 62.6 Å². The molecule has 208 valence electrons. The molecule has 3 aromatic carbocycles. The minimum absolute atomic E-state index is 0.0403. The van der Waals surface area contributed by atoms with E-state index in [0.29, 0.717) is 50.3 Å². The van der Waals surface area contributed by atoms with E-state index >= 15 is 0 Å². The summed E-state index contributed by atoms with van der Waals surface area (Å²) in [4.78, 5) is 19.4. The lowest BCUT2D eigenvalue weighted by Crippen LogP contribution is -2.53. The lowest BCUT2D eigenvalue weighted by molar-refractivity contribution is -0.136. The van der Waals surface area contributed by atoms with Gasteiger partial charge in [-0.05, 0) is 30.7 Å². The molecule has 0 aromatic heterocycles. The fourth-order valence-electron chi connectivity index (χ4n) is 5.51. The van der Waals surface area contributed by atoms with E-state index in [2.05, 4.69) is 16.3 Å². The van der Waals surface area contributed by atoms with Crippen LogP contribution >= 0.6 is 0 Å². The summed E-state index contributed by atoms with van der Waals surface area (Å²) in [5, 5.41) is 12.7. The normalized spacial score (nSPS) is 19.6. The van der Waals surface area contributed by atoms with E-state index < -0.39 is 29.3 Å². The molecule has 0 bridgehead atoms. The molecule has 40 heavy (non-hydrogen) atoms. The van der Waals surface area contributed by atoms with Gasteiger partial charge in [0.15, 0.2) is 11.6 Å². The van der Waals surface area contributed by atoms with Gasteiger partial charge in [0, 0.05) is 69.0 Å². The van der Waals surface area contributed by atoms with E-state index in [0.717, 1.165) is 17.8 Å². The van der Waals surface area contributed by atoms with Crippen molar-refractivity contribution in [2.24, 2.45) is 0 Å². The van der Waals surface area contributed by atoms with Crippen molar-refractivity contribution in [1.82, 2.24) is 15.1 Å². The third-order valence-electron chi connectivity index (χ3n) is 7.65. The maximum Gasteiger partial charge on any atom is 0.240 e. The van der Waals surface area contributed by atoms with Gasteiger partial charge in [0.05, 0.1) is 17.3 Å². The zero-order valence-electron chi connectivity index (χ0n) is 21.8. The SMILES string of the molecule is N#Cc1ccccc1N1CCN(C(=O)C2CC(NCc3ccc(F)cc3F)CN2Cc2cccc(F)c2F)CC1. The van der Waals surface area contributed by atoms with Crippen LogP contribution in [0.25, 0.3) is 0 Å². The molecule has 0 saturated carbocycles. The van der Waals surface area contributed by atoms with Crippen molar-refractivity contribution >= 4 is 11.6 Å². The molecule has 10 heteroatoms. The number of hydrogen-bond acceptors (Lipinski definition) is 5. The summed E-state index contributed by atoms with van der Waals surface area (Å²) in [5.74, 6) is -3.32. The van der Waals surface area contributed by atoms with Crippen LogP contribution in [0.5, 0.6) is 0 Å². The highest BCUT2D eigenvalue weighted by molar-refractivity contribution is 5.82. The number of nitrogens with zero attached hydrogens (tertiary/aromatic N) is 4. The van der Waals surface area contributed by atoms with E-state index in [1.165, 1.54) is 24.3 Å². The maximum absolute atomic E-state index is 14.5. The molecule has 2 aliphatic rings. The molecule has 2 heterocycles. The van der Waals surface area contributed by atoms with Crippen molar-refractivity contribution in [1.29, 1.82) is 5.26 Å². The van der Waals surface area contributed by atoms with Gasteiger partial charge in [-0.15, -0.1) is 0 Å². The van der Waals surface area contributed by atoms with Crippen LogP contribution in [-0.4, -0.2) is 60.5 Å². The summed E-state index contributed by atoms with van der Waals surface area (Å²) in [6.07, 6.45) is 0.399. The van der Waals surface area contributed by atoms with Crippen LogP contribution < -0.4 is 10.2 Å². The predicted octanol–water partition coefficient (Wildman–Crippen LogP) is 4.20. The van der Waals surface area contributed by atoms with Crippen LogP contribution in [0.15, 0.2) is 60.7 Å². The van der Waals surface area contributed by atoms with Gasteiger partial charge >= 0.3 is 0 Å². The first kappa shape index (κ1) is 27.6. The van der Waals surface area contributed by atoms with Crippen LogP contribution in [0.3, 0.4) is 0 Å². The number of para-hydroxylation sites is 1. The molecule has 6 nitrogen and oxygen atoms in total. The van der Waals surface area contributed by atoms with E-state index in [1.807, 2.05) is 23.1 Å². The van der Waals surface area contributed by atoms with E-state index in [4.69, 9.17) is 0 Å². The number of rotatable bonds is 7. The minimum Gasteiger partial charge on any atom is -0.367 e. The van der Waals surface area contributed by atoms with Crippen LogP contribution in [0.4, 0.5) is 23.2 Å². The van der Waals surface area contributed by atoms with Crippen LogP contribution in [0.2, 0.25) is 0 Å². The van der Waals surface area contributed by atoms with Gasteiger partial charge in [-0.3, -0.25) is 9.69 Å². The highest BCUT2D eigenvalue weighted by atomic mass is 19.2. The number of benzene rings is 3. The standard InChI is InChI=1S/C30H29F4N5O/c31-23-9-8-21(26(33)14-23)17-36-24-15-28(39(19-24)18-22-5-3-6-25(32)29(22)34)30(40)38-12-10-37(11-13-38)27-7-2-1-4-20(27)16-35/h1-9,14,24,28,36H,10-13,15,17-19H2. The summed E-state index contributed by atoms with van der Waals surface area (Å²) >= 11 is 0. The Bertz CT molecular complexity index is 1420. The zero-order chi connectivity index (χ0) is 28.2. The molecule has 5 rings (SSSR count). The Morgan fingerprint density at radius 2 is 1.70 bits per heavy atom. The largest absolute Gasteiger partial charge is 0.367 e. The Hall–Kier alpha value is -3.94. The van der Waals surface area contributed by atoms with Crippen molar-refractivity contribution in [2.45, 2.75) is 31.6 Å². The lowest BCUT2D eigenvalue weighted by atomic mass is 10.1. The Labute approximate surface area is 230 Å². The number of amides is 1. The summed E-state index contributed by atoms with van der Waals surface area (Å²) in [6.45, 7) is 2.56. The van der Waals surface area contributed by atoms with Crippen LogP contribution in [0, 0.1) is 34.6 Å². The number of piperazine rings is 1. The average Bonchev–Trinajstić information content (AvgIpc) is 3.37. The number of likely N-dealkylation sites (tertiary alicyclic amines) is 1. The molecule has 2 atom stereocenters. The van der Waals surface area contributed by atoms with E-state index in [9.17, 15) is 27.6 Å². The molecule has 2 aliphatic heterocycles. The first-order chi connectivity index (χ1) is 19.3. The summed E-state index contributed by atoms with van der Waals surface area (Å²) in [5.41, 5.74) is 1.86. The smallest absolute Gasteiger partial charge is 0.240 e. The van der Waals surface area contributed by atoms with Crippen molar-refractivity contribution < 1.29 is 22.4 Å². The predicted molar refractivity (Wildman–Crippen MR) is 142 cm³/mol. The number of nitriles is 1. The van der Waals surface area contributed by atoms with Gasteiger partial charge in [-0.2, -0.15) is 5.26 Å². The number of hydrogen-bond donors (Lipinski definition) is 1. The molecule has 2 fully saturated rings. The Balaban J connectivity index is 1.29. The fourth-order valence-corrected chi connectivity index (χ4v) is 5.51. The van der Waals surface area contributed by atoms with Gasteiger partial charge in [0.25, 0.3) is 0 Å². The van der Waals surface area contributed by atoms with Gasteiger partial charge in [-0.25, -0.2) is 17.6 Å².